The molecular formula is C20H25NO2. The maximum Gasteiger partial charge on any atom is 0.265 e. The summed E-state index contributed by atoms with van der Waals surface area (Å²) in [6.45, 7) is 10.0. The predicted octanol–water partition coefficient (Wildman–Crippen LogP) is 4.72. The molecule has 0 saturated heterocycles. The molecule has 122 valence electrons. The van der Waals surface area contributed by atoms with Gasteiger partial charge in [-0.2, -0.15) is 0 Å². The molecule has 0 unspecified atom stereocenters. The first kappa shape index (κ1) is 17.1. The molecule has 3 heteroatoms. The van der Waals surface area contributed by atoms with Crippen LogP contribution in [0, 0.1) is 27.7 Å². The van der Waals surface area contributed by atoms with Crippen molar-refractivity contribution >= 4 is 11.6 Å². The van der Waals surface area contributed by atoms with Crippen molar-refractivity contribution in [2.45, 2.75) is 47.1 Å². The molecule has 1 atom stereocenters. The van der Waals surface area contributed by atoms with Crippen LogP contribution in [0.25, 0.3) is 0 Å². The fourth-order valence-electron chi connectivity index (χ4n) is 2.76. The van der Waals surface area contributed by atoms with Gasteiger partial charge in [-0.3, -0.25) is 4.79 Å². The van der Waals surface area contributed by atoms with E-state index in [0.29, 0.717) is 6.42 Å². The zero-order valence-corrected chi connectivity index (χ0v) is 14.6. The van der Waals surface area contributed by atoms with Gasteiger partial charge in [0.2, 0.25) is 0 Å². The third-order valence-corrected chi connectivity index (χ3v) is 3.63. The fraction of sp³-hybridized carbons (Fsp3) is 0.350. The van der Waals surface area contributed by atoms with E-state index in [1.54, 1.807) is 0 Å². The van der Waals surface area contributed by atoms with Gasteiger partial charge in [0.15, 0.2) is 6.10 Å². The number of hydrogen-bond donors (Lipinski definition) is 1. The normalized spacial score (nSPS) is 11.9. The van der Waals surface area contributed by atoms with Gasteiger partial charge in [0.25, 0.3) is 5.91 Å². The Morgan fingerprint density at radius 2 is 1.39 bits per heavy atom. The van der Waals surface area contributed by atoms with Crippen molar-refractivity contribution in [3.05, 3.63) is 58.7 Å². The second kappa shape index (κ2) is 7.32. The van der Waals surface area contributed by atoms with Crippen LogP contribution in [0.2, 0.25) is 0 Å². The fourth-order valence-corrected chi connectivity index (χ4v) is 2.76. The van der Waals surface area contributed by atoms with E-state index in [-0.39, 0.29) is 5.91 Å². The van der Waals surface area contributed by atoms with E-state index in [4.69, 9.17) is 4.74 Å². The lowest BCUT2D eigenvalue weighted by atomic mass is 10.1. The molecule has 0 aliphatic heterocycles. The Kier molecular flexibility index (Phi) is 5.43. The number of ether oxygens (including phenoxy) is 1. The predicted molar refractivity (Wildman–Crippen MR) is 95.2 cm³/mol. The van der Waals surface area contributed by atoms with Crippen LogP contribution in [0.5, 0.6) is 5.75 Å². The molecule has 3 nitrogen and oxygen atoms in total. The lowest BCUT2D eigenvalue weighted by Crippen LogP contribution is -2.32. The smallest absolute Gasteiger partial charge is 0.265 e. The quantitative estimate of drug-likeness (QED) is 0.868. The van der Waals surface area contributed by atoms with Gasteiger partial charge in [-0.05, 0) is 80.6 Å². The standard InChI is InChI=1S/C20H25NO2/c1-6-19(23-18-11-15(4)8-16(5)12-18)20(22)21-17-9-13(2)7-14(3)10-17/h7-12,19H,6H2,1-5H3,(H,21,22)/t19-/m1/s1. The van der Waals surface area contributed by atoms with Crippen LogP contribution < -0.4 is 10.1 Å². The molecule has 0 aromatic heterocycles. The molecular weight excluding hydrogens is 286 g/mol. The van der Waals surface area contributed by atoms with E-state index in [1.165, 1.54) is 0 Å². The minimum absolute atomic E-state index is 0.114. The van der Waals surface area contributed by atoms with Crippen molar-refractivity contribution in [1.29, 1.82) is 0 Å². The van der Waals surface area contributed by atoms with Gasteiger partial charge in [-0.25, -0.2) is 0 Å². The largest absolute Gasteiger partial charge is 0.481 e. The number of hydrogen-bond acceptors (Lipinski definition) is 2. The summed E-state index contributed by atoms with van der Waals surface area (Å²) in [6, 6.07) is 12.0. The monoisotopic (exact) mass is 311 g/mol. The number of benzene rings is 2. The summed E-state index contributed by atoms with van der Waals surface area (Å²) in [6.07, 6.45) is 0.112. The highest BCUT2D eigenvalue weighted by Gasteiger charge is 2.19. The molecule has 23 heavy (non-hydrogen) atoms. The lowest BCUT2D eigenvalue weighted by molar-refractivity contribution is -0.122. The van der Waals surface area contributed by atoms with Crippen LogP contribution in [0.4, 0.5) is 5.69 Å². The highest BCUT2D eigenvalue weighted by atomic mass is 16.5. The van der Waals surface area contributed by atoms with Crippen molar-refractivity contribution < 1.29 is 9.53 Å². The molecule has 0 bridgehead atoms. The van der Waals surface area contributed by atoms with Crippen LogP contribution in [-0.4, -0.2) is 12.0 Å². The van der Waals surface area contributed by atoms with Crippen LogP contribution in [0.3, 0.4) is 0 Å². The van der Waals surface area contributed by atoms with Gasteiger partial charge in [0.1, 0.15) is 5.75 Å². The van der Waals surface area contributed by atoms with E-state index in [2.05, 4.69) is 17.4 Å². The van der Waals surface area contributed by atoms with Crippen molar-refractivity contribution in [2.75, 3.05) is 5.32 Å². The first-order valence-electron chi connectivity index (χ1n) is 8.01. The molecule has 0 aliphatic carbocycles. The summed E-state index contributed by atoms with van der Waals surface area (Å²) in [5.74, 6) is 0.626. The number of carbonyl (C=O) groups is 1. The van der Waals surface area contributed by atoms with Crippen LogP contribution in [0.15, 0.2) is 36.4 Å². The van der Waals surface area contributed by atoms with Gasteiger partial charge < -0.3 is 10.1 Å². The van der Waals surface area contributed by atoms with Crippen LogP contribution >= 0.6 is 0 Å². The van der Waals surface area contributed by atoms with Crippen molar-refractivity contribution in [1.82, 2.24) is 0 Å². The first-order valence-corrected chi connectivity index (χ1v) is 8.01. The third-order valence-electron chi connectivity index (χ3n) is 3.63. The maximum atomic E-state index is 12.5. The van der Waals surface area contributed by atoms with Gasteiger partial charge >= 0.3 is 0 Å². The zero-order chi connectivity index (χ0) is 17.0. The molecule has 2 rings (SSSR count). The van der Waals surface area contributed by atoms with Gasteiger partial charge in [-0.1, -0.05) is 19.1 Å². The molecule has 0 fully saturated rings. The number of carbonyl (C=O) groups excluding carboxylic acids is 1. The van der Waals surface area contributed by atoms with E-state index < -0.39 is 6.10 Å². The summed E-state index contributed by atoms with van der Waals surface area (Å²) in [4.78, 5) is 12.5. The van der Waals surface area contributed by atoms with Crippen LogP contribution in [-0.2, 0) is 4.79 Å². The topological polar surface area (TPSA) is 38.3 Å². The van der Waals surface area contributed by atoms with Crippen LogP contribution in [0.1, 0.15) is 35.6 Å². The van der Waals surface area contributed by atoms with E-state index >= 15 is 0 Å². The number of amides is 1. The van der Waals surface area contributed by atoms with Crippen molar-refractivity contribution in [2.24, 2.45) is 0 Å². The van der Waals surface area contributed by atoms with Crippen molar-refractivity contribution in [3.8, 4) is 5.75 Å². The lowest BCUT2D eigenvalue weighted by Gasteiger charge is -2.18. The number of anilines is 1. The molecule has 0 saturated carbocycles. The Morgan fingerprint density at radius 3 is 1.87 bits per heavy atom. The summed E-state index contributed by atoms with van der Waals surface area (Å²) in [5, 5.41) is 2.96. The van der Waals surface area contributed by atoms with Crippen molar-refractivity contribution in [3.63, 3.8) is 0 Å². The SMILES string of the molecule is CC[C@@H](Oc1cc(C)cc(C)c1)C(=O)Nc1cc(C)cc(C)c1. The second-order valence-electron chi connectivity index (χ2n) is 6.20. The minimum Gasteiger partial charge on any atom is -0.481 e. The van der Waals surface area contributed by atoms with E-state index in [0.717, 1.165) is 33.7 Å². The molecule has 1 N–H and O–H groups in total. The maximum absolute atomic E-state index is 12.5. The Hall–Kier alpha value is -2.29. The molecule has 0 aliphatic rings. The number of aryl methyl sites for hydroxylation is 4. The minimum atomic E-state index is -0.503. The molecule has 0 heterocycles. The zero-order valence-electron chi connectivity index (χ0n) is 14.6. The molecule has 0 spiro atoms. The Morgan fingerprint density at radius 1 is 0.913 bits per heavy atom. The van der Waals surface area contributed by atoms with E-state index in [1.807, 2.05) is 58.9 Å². The summed E-state index contributed by atoms with van der Waals surface area (Å²) < 4.78 is 5.91. The third kappa shape index (κ3) is 4.85. The Balaban J connectivity index is 2.11. The van der Waals surface area contributed by atoms with Gasteiger partial charge in [-0.15, -0.1) is 0 Å². The number of nitrogens with one attached hydrogen (secondary N) is 1. The van der Waals surface area contributed by atoms with Gasteiger partial charge in [0, 0.05) is 5.69 Å². The molecule has 1 amide bonds. The summed E-state index contributed by atoms with van der Waals surface area (Å²) >= 11 is 0. The molecule has 2 aromatic carbocycles. The first-order chi connectivity index (χ1) is 10.9. The Labute approximate surface area is 138 Å². The second-order valence-corrected chi connectivity index (χ2v) is 6.20. The highest BCUT2D eigenvalue weighted by Crippen LogP contribution is 2.20. The molecule has 2 aromatic rings. The Bertz CT molecular complexity index is 666. The molecule has 0 radical (unpaired) electrons. The average Bonchev–Trinajstić information content (AvgIpc) is 2.42. The van der Waals surface area contributed by atoms with Gasteiger partial charge in [0.05, 0.1) is 0 Å². The average molecular weight is 311 g/mol. The highest BCUT2D eigenvalue weighted by molar-refractivity contribution is 5.94. The number of rotatable bonds is 5. The summed E-state index contributed by atoms with van der Waals surface area (Å²) in [5.41, 5.74) is 5.33. The van der Waals surface area contributed by atoms with E-state index in [9.17, 15) is 4.79 Å². The summed E-state index contributed by atoms with van der Waals surface area (Å²) in [7, 11) is 0.